The van der Waals surface area contributed by atoms with Crippen molar-refractivity contribution >= 4 is 5.91 Å². The van der Waals surface area contributed by atoms with Crippen LogP contribution in [0.5, 0.6) is 0 Å². The summed E-state index contributed by atoms with van der Waals surface area (Å²) in [4.78, 5) is 13.9. The van der Waals surface area contributed by atoms with Crippen LogP contribution in [0.4, 0.5) is 4.39 Å². The lowest BCUT2D eigenvalue weighted by atomic mass is 10.1. The fraction of sp³-hybridized carbons (Fsp3) is 0.278. The van der Waals surface area contributed by atoms with E-state index in [9.17, 15) is 9.18 Å². The van der Waals surface area contributed by atoms with Gasteiger partial charge in [-0.2, -0.15) is 0 Å². The van der Waals surface area contributed by atoms with Crippen molar-refractivity contribution in [1.29, 1.82) is 0 Å². The van der Waals surface area contributed by atoms with Crippen LogP contribution >= 0.6 is 0 Å². The Balaban J connectivity index is 1.84. The number of carbonyl (C=O) groups is 1. The van der Waals surface area contributed by atoms with Crippen molar-refractivity contribution in [2.75, 3.05) is 13.6 Å². The second-order valence-corrected chi connectivity index (χ2v) is 5.40. The summed E-state index contributed by atoms with van der Waals surface area (Å²) >= 11 is 0. The highest BCUT2D eigenvalue weighted by atomic mass is 19.1. The number of rotatable bonds is 6. The number of nitrogens with zero attached hydrogens (tertiary/aromatic N) is 1. The van der Waals surface area contributed by atoms with E-state index in [0.717, 1.165) is 11.1 Å². The summed E-state index contributed by atoms with van der Waals surface area (Å²) in [6.45, 7) is 2.82. The van der Waals surface area contributed by atoms with Crippen LogP contribution in [0, 0.1) is 5.82 Å². The molecular formula is C18H21FN2O. The zero-order valence-corrected chi connectivity index (χ0v) is 12.9. The molecule has 0 bridgehead atoms. The van der Waals surface area contributed by atoms with Crippen molar-refractivity contribution in [1.82, 2.24) is 10.2 Å². The number of halogens is 1. The molecule has 2 aromatic rings. The molecule has 0 aliphatic carbocycles. The zero-order chi connectivity index (χ0) is 15.9. The molecule has 1 unspecified atom stereocenters. The van der Waals surface area contributed by atoms with Crippen LogP contribution in [0.25, 0.3) is 0 Å². The molecular weight excluding hydrogens is 279 g/mol. The number of amides is 1. The van der Waals surface area contributed by atoms with Crippen LogP contribution < -0.4 is 5.32 Å². The molecule has 0 aliphatic rings. The van der Waals surface area contributed by atoms with Crippen LogP contribution in [-0.4, -0.2) is 24.4 Å². The van der Waals surface area contributed by atoms with E-state index < -0.39 is 0 Å². The Hall–Kier alpha value is -2.20. The Kier molecular flexibility index (Phi) is 5.67. The number of likely N-dealkylation sites (N-methyl/N-ethyl adjacent to an activating group) is 1. The topological polar surface area (TPSA) is 32.3 Å². The second-order valence-electron chi connectivity index (χ2n) is 5.40. The van der Waals surface area contributed by atoms with Crippen LogP contribution in [0.1, 0.15) is 24.1 Å². The fourth-order valence-corrected chi connectivity index (χ4v) is 2.21. The zero-order valence-electron chi connectivity index (χ0n) is 12.9. The summed E-state index contributed by atoms with van der Waals surface area (Å²) in [7, 11) is 1.89. The van der Waals surface area contributed by atoms with E-state index >= 15 is 0 Å². The van der Waals surface area contributed by atoms with Crippen molar-refractivity contribution in [2.45, 2.75) is 19.5 Å². The molecule has 116 valence electrons. The Labute approximate surface area is 130 Å². The van der Waals surface area contributed by atoms with Gasteiger partial charge >= 0.3 is 0 Å². The van der Waals surface area contributed by atoms with E-state index in [-0.39, 0.29) is 17.8 Å². The van der Waals surface area contributed by atoms with Crippen LogP contribution in [-0.2, 0) is 11.3 Å². The summed E-state index contributed by atoms with van der Waals surface area (Å²) in [5.41, 5.74) is 2.06. The number of hydrogen-bond donors (Lipinski definition) is 1. The minimum absolute atomic E-state index is 0.0275. The minimum atomic E-state index is -0.251. The minimum Gasteiger partial charge on any atom is -0.351 e. The standard InChI is InChI=1S/C18H21FN2O/c1-14(16-8-10-17(19)11-9-16)21(2)13-18(22)20-12-15-6-4-3-5-7-15/h3-11,14H,12-13H2,1-2H3,(H,20,22). The smallest absolute Gasteiger partial charge is 0.234 e. The van der Waals surface area contributed by atoms with Crippen molar-refractivity contribution < 1.29 is 9.18 Å². The predicted octanol–water partition coefficient (Wildman–Crippen LogP) is 3.13. The summed E-state index contributed by atoms with van der Waals surface area (Å²) in [6.07, 6.45) is 0. The van der Waals surface area contributed by atoms with Crippen molar-refractivity contribution in [2.24, 2.45) is 0 Å². The number of benzene rings is 2. The van der Waals surface area contributed by atoms with E-state index in [1.165, 1.54) is 12.1 Å². The van der Waals surface area contributed by atoms with Crippen molar-refractivity contribution in [3.63, 3.8) is 0 Å². The SMILES string of the molecule is CC(c1ccc(F)cc1)N(C)CC(=O)NCc1ccccc1. The van der Waals surface area contributed by atoms with Gasteiger partial charge in [0, 0.05) is 12.6 Å². The third-order valence-electron chi connectivity index (χ3n) is 3.74. The third kappa shape index (κ3) is 4.67. The van der Waals surface area contributed by atoms with E-state index in [1.54, 1.807) is 12.1 Å². The molecule has 0 spiro atoms. The molecule has 2 rings (SSSR count). The van der Waals surface area contributed by atoms with Gasteiger partial charge in [-0.3, -0.25) is 9.69 Å². The first-order valence-corrected chi connectivity index (χ1v) is 7.32. The molecule has 0 aromatic heterocycles. The second kappa shape index (κ2) is 7.71. The summed E-state index contributed by atoms with van der Waals surface area (Å²) < 4.78 is 12.9. The Morgan fingerprint density at radius 2 is 1.77 bits per heavy atom. The molecule has 0 saturated carbocycles. The van der Waals surface area contributed by atoms with E-state index in [4.69, 9.17) is 0 Å². The number of nitrogens with one attached hydrogen (secondary N) is 1. The van der Waals surface area contributed by atoms with Crippen LogP contribution in [0.15, 0.2) is 54.6 Å². The lowest BCUT2D eigenvalue weighted by Gasteiger charge is -2.24. The summed E-state index contributed by atoms with van der Waals surface area (Å²) in [6, 6.07) is 16.2. The maximum atomic E-state index is 12.9. The van der Waals surface area contributed by atoms with Gasteiger partial charge in [0.15, 0.2) is 0 Å². The third-order valence-corrected chi connectivity index (χ3v) is 3.74. The molecule has 0 fully saturated rings. The van der Waals surface area contributed by atoms with Crippen molar-refractivity contribution in [3.05, 3.63) is 71.5 Å². The normalized spacial score (nSPS) is 12.2. The lowest BCUT2D eigenvalue weighted by Crippen LogP contribution is -2.36. The van der Waals surface area contributed by atoms with Gasteiger partial charge in [-0.15, -0.1) is 0 Å². The quantitative estimate of drug-likeness (QED) is 0.889. The largest absolute Gasteiger partial charge is 0.351 e. The number of carbonyl (C=O) groups excluding carboxylic acids is 1. The van der Waals surface area contributed by atoms with Gasteiger partial charge in [0.1, 0.15) is 5.82 Å². The van der Waals surface area contributed by atoms with E-state index in [0.29, 0.717) is 13.1 Å². The first kappa shape index (κ1) is 16.2. The first-order valence-electron chi connectivity index (χ1n) is 7.32. The maximum Gasteiger partial charge on any atom is 0.234 e. The monoisotopic (exact) mass is 300 g/mol. The van der Waals surface area contributed by atoms with Gasteiger partial charge in [0.05, 0.1) is 6.54 Å². The molecule has 2 aromatic carbocycles. The molecule has 0 radical (unpaired) electrons. The van der Waals surface area contributed by atoms with Crippen molar-refractivity contribution in [3.8, 4) is 0 Å². The number of hydrogen-bond acceptors (Lipinski definition) is 2. The lowest BCUT2D eigenvalue weighted by molar-refractivity contribution is -0.122. The van der Waals surface area contributed by atoms with Gasteiger partial charge < -0.3 is 5.32 Å². The van der Waals surface area contributed by atoms with Gasteiger partial charge in [-0.05, 0) is 37.2 Å². The Bertz CT molecular complexity index is 598. The van der Waals surface area contributed by atoms with Gasteiger partial charge in [-0.1, -0.05) is 42.5 Å². The molecule has 22 heavy (non-hydrogen) atoms. The molecule has 3 nitrogen and oxygen atoms in total. The Morgan fingerprint density at radius 3 is 2.41 bits per heavy atom. The highest BCUT2D eigenvalue weighted by Crippen LogP contribution is 2.18. The van der Waals surface area contributed by atoms with E-state index in [1.807, 2.05) is 49.2 Å². The maximum absolute atomic E-state index is 12.9. The van der Waals surface area contributed by atoms with Crippen LogP contribution in [0.3, 0.4) is 0 Å². The molecule has 0 heterocycles. The molecule has 0 aliphatic heterocycles. The Morgan fingerprint density at radius 1 is 1.14 bits per heavy atom. The fourth-order valence-electron chi connectivity index (χ4n) is 2.21. The summed E-state index contributed by atoms with van der Waals surface area (Å²) in [5, 5.41) is 2.90. The van der Waals surface area contributed by atoms with Gasteiger partial charge in [0.25, 0.3) is 0 Å². The molecule has 1 amide bonds. The summed E-state index contributed by atoms with van der Waals surface area (Å²) in [5.74, 6) is -0.278. The molecule has 1 N–H and O–H groups in total. The average Bonchev–Trinajstić information content (AvgIpc) is 2.54. The predicted molar refractivity (Wildman–Crippen MR) is 85.7 cm³/mol. The molecule has 1 atom stereocenters. The average molecular weight is 300 g/mol. The molecule has 4 heteroatoms. The van der Waals surface area contributed by atoms with Gasteiger partial charge in [-0.25, -0.2) is 4.39 Å². The molecule has 0 saturated heterocycles. The van der Waals surface area contributed by atoms with Crippen LogP contribution in [0.2, 0.25) is 0 Å². The highest BCUT2D eigenvalue weighted by Gasteiger charge is 2.14. The van der Waals surface area contributed by atoms with E-state index in [2.05, 4.69) is 5.32 Å². The highest BCUT2D eigenvalue weighted by molar-refractivity contribution is 5.78. The first-order chi connectivity index (χ1) is 10.6. The van der Waals surface area contributed by atoms with Gasteiger partial charge in [0.2, 0.25) is 5.91 Å².